The summed E-state index contributed by atoms with van der Waals surface area (Å²) in [4.78, 5) is 7.02. The quantitative estimate of drug-likeness (QED) is 0.941. The molecular weight excluding hydrogens is 262 g/mol. The van der Waals surface area contributed by atoms with Crippen molar-refractivity contribution in [2.45, 2.75) is 26.9 Å². The Morgan fingerprint density at radius 1 is 1.19 bits per heavy atom. The van der Waals surface area contributed by atoms with Crippen LogP contribution in [0.5, 0.6) is 5.88 Å². The van der Waals surface area contributed by atoms with E-state index in [0.29, 0.717) is 0 Å². The van der Waals surface area contributed by atoms with Crippen LogP contribution in [-0.4, -0.2) is 37.3 Å². The van der Waals surface area contributed by atoms with Gasteiger partial charge in [0.1, 0.15) is 0 Å². The molecule has 1 N–H and O–H groups in total. The molecule has 1 fully saturated rings. The standard InChI is InChI=1S/C17H23N3O/c1-12(2)21-17-14-5-4-6-16(15(14)11-13(3)19-17)20-9-7-18-8-10-20/h4-6,11-12,18H,7-10H2,1-3H3. The molecule has 0 spiro atoms. The van der Waals surface area contributed by atoms with E-state index < -0.39 is 0 Å². The van der Waals surface area contributed by atoms with Gasteiger partial charge in [-0.05, 0) is 39.0 Å². The van der Waals surface area contributed by atoms with E-state index in [1.165, 1.54) is 11.1 Å². The SMILES string of the molecule is Cc1cc2c(N3CCNCC3)cccc2c(OC(C)C)n1. The van der Waals surface area contributed by atoms with Crippen molar-refractivity contribution in [1.82, 2.24) is 10.3 Å². The average molecular weight is 285 g/mol. The number of hydrogen-bond donors (Lipinski definition) is 1. The van der Waals surface area contributed by atoms with Gasteiger partial charge in [-0.25, -0.2) is 4.98 Å². The number of aromatic nitrogens is 1. The maximum Gasteiger partial charge on any atom is 0.221 e. The van der Waals surface area contributed by atoms with Crippen molar-refractivity contribution < 1.29 is 4.74 Å². The van der Waals surface area contributed by atoms with Crippen LogP contribution in [0.4, 0.5) is 5.69 Å². The van der Waals surface area contributed by atoms with E-state index in [2.05, 4.69) is 39.5 Å². The molecule has 0 amide bonds. The van der Waals surface area contributed by atoms with Gasteiger partial charge in [-0.1, -0.05) is 6.07 Å². The fraction of sp³-hybridized carbons (Fsp3) is 0.471. The fourth-order valence-electron chi connectivity index (χ4n) is 2.85. The van der Waals surface area contributed by atoms with Crippen LogP contribution in [0.25, 0.3) is 10.8 Å². The Morgan fingerprint density at radius 3 is 2.67 bits per heavy atom. The Hall–Kier alpha value is -1.81. The molecule has 2 aromatic rings. The molecule has 1 aromatic carbocycles. The lowest BCUT2D eigenvalue weighted by Gasteiger charge is -2.30. The Balaban J connectivity index is 2.11. The molecule has 3 rings (SSSR count). The second kappa shape index (κ2) is 5.90. The van der Waals surface area contributed by atoms with Gasteiger partial charge in [0.15, 0.2) is 0 Å². The first-order valence-corrected chi connectivity index (χ1v) is 7.68. The molecular formula is C17H23N3O. The number of ether oxygens (including phenoxy) is 1. The van der Waals surface area contributed by atoms with E-state index in [1.807, 2.05) is 20.8 Å². The van der Waals surface area contributed by atoms with Gasteiger partial charge in [-0.15, -0.1) is 0 Å². The van der Waals surface area contributed by atoms with Crippen molar-refractivity contribution in [3.63, 3.8) is 0 Å². The van der Waals surface area contributed by atoms with Crippen molar-refractivity contribution in [3.05, 3.63) is 30.0 Å². The molecule has 0 aliphatic carbocycles. The van der Waals surface area contributed by atoms with Gasteiger partial charge in [0.2, 0.25) is 5.88 Å². The van der Waals surface area contributed by atoms with Crippen LogP contribution in [-0.2, 0) is 0 Å². The Bertz CT molecular complexity index is 633. The molecule has 0 bridgehead atoms. The van der Waals surface area contributed by atoms with Gasteiger partial charge < -0.3 is 15.0 Å². The van der Waals surface area contributed by atoms with Crippen molar-refractivity contribution in [2.75, 3.05) is 31.1 Å². The number of pyridine rings is 1. The zero-order valence-electron chi connectivity index (χ0n) is 13.0. The monoisotopic (exact) mass is 285 g/mol. The second-order valence-corrected chi connectivity index (χ2v) is 5.84. The summed E-state index contributed by atoms with van der Waals surface area (Å²) in [5.41, 5.74) is 2.29. The third-order valence-electron chi connectivity index (χ3n) is 3.75. The minimum absolute atomic E-state index is 0.130. The van der Waals surface area contributed by atoms with E-state index in [-0.39, 0.29) is 6.10 Å². The van der Waals surface area contributed by atoms with Crippen molar-refractivity contribution >= 4 is 16.5 Å². The first kappa shape index (κ1) is 14.1. The molecule has 2 heterocycles. The zero-order valence-corrected chi connectivity index (χ0v) is 13.0. The smallest absolute Gasteiger partial charge is 0.221 e. The topological polar surface area (TPSA) is 37.4 Å². The average Bonchev–Trinajstić information content (AvgIpc) is 2.47. The van der Waals surface area contributed by atoms with Crippen molar-refractivity contribution in [3.8, 4) is 5.88 Å². The summed E-state index contributed by atoms with van der Waals surface area (Å²) in [6, 6.07) is 8.57. The number of rotatable bonds is 3. The van der Waals surface area contributed by atoms with Gasteiger partial charge in [-0.3, -0.25) is 0 Å². The summed E-state index contributed by atoms with van der Waals surface area (Å²) in [6.07, 6.45) is 0.130. The summed E-state index contributed by atoms with van der Waals surface area (Å²) in [6.45, 7) is 10.3. The summed E-state index contributed by atoms with van der Waals surface area (Å²) in [7, 11) is 0. The summed E-state index contributed by atoms with van der Waals surface area (Å²) >= 11 is 0. The molecule has 112 valence electrons. The van der Waals surface area contributed by atoms with Crippen LogP contribution in [0.3, 0.4) is 0 Å². The minimum atomic E-state index is 0.130. The summed E-state index contributed by atoms with van der Waals surface area (Å²) < 4.78 is 5.91. The van der Waals surface area contributed by atoms with E-state index in [0.717, 1.165) is 43.1 Å². The predicted molar refractivity (Wildman–Crippen MR) is 87.3 cm³/mol. The van der Waals surface area contributed by atoms with Crippen LogP contribution in [0, 0.1) is 6.92 Å². The number of hydrogen-bond acceptors (Lipinski definition) is 4. The largest absolute Gasteiger partial charge is 0.474 e. The van der Waals surface area contributed by atoms with E-state index in [9.17, 15) is 0 Å². The first-order chi connectivity index (χ1) is 10.1. The third-order valence-corrected chi connectivity index (χ3v) is 3.75. The molecule has 1 aliphatic heterocycles. The van der Waals surface area contributed by atoms with Crippen LogP contribution in [0.2, 0.25) is 0 Å². The van der Waals surface area contributed by atoms with Crippen molar-refractivity contribution in [1.29, 1.82) is 0 Å². The maximum atomic E-state index is 5.91. The summed E-state index contributed by atoms with van der Waals surface area (Å²) in [5, 5.41) is 5.74. The van der Waals surface area contributed by atoms with Gasteiger partial charge in [0.05, 0.1) is 6.10 Å². The lowest BCUT2D eigenvalue weighted by atomic mass is 10.1. The maximum absolute atomic E-state index is 5.91. The molecule has 4 heteroatoms. The number of nitrogens with zero attached hydrogens (tertiary/aromatic N) is 2. The molecule has 0 atom stereocenters. The molecule has 0 radical (unpaired) electrons. The van der Waals surface area contributed by atoms with Crippen LogP contribution >= 0.6 is 0 Å². The number of nitrogens with one attached hydrogen (secondary N) is 1. The Morgan fingerprint density at radius 2 is 1.95 bits per heavy atom. The second-order valence-electron chi connectivity index (χ2n) is 5.84. The predicted octanol–water partition coefficient (Wildman–Crippen LogP) is 2.74. The van der Waals surface area contributed by atoms with E-state index >= 15 is 0 Å². The zero-order chi connectivity index (χ0) is 14.8. The summed E-state index contributed by atoms with van der Waals surface area (Å²) in [5.74, 6) is 0.747. The Kier molecular flexibility index (Phi) is 3.97. The molecule has 21 heavy (non-hydrogen) atoms. The van der Waals surface area contributed by atoms with Crippen LogP contribution in [0.1, 0.15) is 19.5 Å². The highest BCUT2D eigenvalue weighted by Crippen LogP contribution is 2.33. The van der Waals surface area contributed by atoms with Gasteiger partial charge >= 0.3 is 0 Å². The molecule has 1 aromatic heterocycles. The first-order valence-electron chi connectivity index (χ1n) is 7.68. The highest BCUT2D eigenvalue weighted by Gasteiger charge is 2.16. The number of piperazine rings is 1. The Labute approximate surface area is 126 Å². The van der Waals surface area contributed by atoms with Crippen LogP contribution < -0.4 is 15.0 Å². The van der Waals surface area contributed by atoms with E-state index in [1.54, 1.807) is 0 Å². The normalized spacial score (nSPS) is 15.7. The number of fused-ring (bicyclic) bond motifs is 1. The molecule has 0 saturated carbocycles. The lowest BCUT2D eigenvalue weighted by Crippen LogP contribution is -2.43. The van der Waals surface area contributed by atoms with Gasteiger partial charge in [0, 0.05) is 48.3 Å². The highest BCUT2D eigenvalue weighted by atomic mass is 16.5. The lowest BCUT2D eigenvalue weighted by molar-refractivity contribution is 0.235. The highest BCUT2D eigenvalue weighted by molar-refractivity contribution is 5.97. The fourth-order valence-corrected chi connectivity index (χ4v) is 2.85. The molecule has 0 unspecified atom stereocenters. The van der Waals surface area contributed by atoms with E-state index in [4.69, 9.17) is 4.74 Å². The molecule has 1 saturated heterocycles. The number of anilines is 1. The van der Waals surface area contributed by atoms with Gasteiger partial charge in [-0.2, -0.15) is 0 Å². The minimum Gasteiger partial charge on any atom is -0.474 e. The van der Waals surface area contributed by atoms with Crippen LogP contribution in [0.15, 0.2) is 24.3 Å². The molecule has 1 aliphatic rings. The third kappa shape index (κ3) is 2.95. The molecule has 4 nitrogen and oxygen atoms in total. The number of benzene rings is 1. The number of aryl methyl sites for hydroxylation is 1. The van der Waals surface area contributed by atoms with Crippen molar-refractivity contribution in [2.24, 2.45) is 0 Å². The van der Waals surface area contributed by atoms with Gasteiger partial charge in [0.25, 0.3) is 0 Å².